The standard InChI is InChI=1S/C14H14F3NO2/c1-10-6-7-11(20-10)8-18-12-4-2-3-5-13(12)19-9-14(15,16)17/h2-7,18H,8-9H2,1H3. The van der Waals surface area contributed by atoms with Crippen LogP contribution in [-0.4, -0.2) is 12.8 Å². The van der Waals surface area contributed by atoms with Gasteiger partial charge < -0.3 is 14.5 Å². The number of anilines is 1. The Labute approximate surface area is 114 Å². The van der Waals surface area contributed by atoms with E-state index in [2.05, 4.69) is 5.32 Å². The highest BCUT2D eigenvalue weighted by Crippen LogP contribution is 2.26. The molecule has 1 N–H and O–H groups in total. The van der Waals surface area contributed by atoms with Gasteiger partial charge in [0.05, 0.1) is 12.2 Å². The van der Waals surface area contributed by atoms with Gasteiger partial charge in [-0.05, 0) is 31.2 Å². The smallest absolute Gasteiger partial charge is 0.422 e. The van der Waals surface area contributed by atoms with Crippen molar-refractivity contribution in [1.29, 1.82) is 0 Å². The van der Waals surface area contributed by atoms with E-state index in [0.717, 1.165) is 5.76 Å². The van der Waals surface area contributed by atoms with Gasteiger partial charge in [-0.1, -0.05) is 12.1 Å². The first kappa shape index (κ1) is 14.3. The summed E-state index contributed by atoms with van der Waals surface area (Å²) in [5.41, 5.74) is 0.491. The molecule has 0 amide bonds. The lowest BCUT2D eigenvalue weighted by Crippen LogP contribution is -2.19. The molecular formula is C14H14F3NO2. The van der Waals surface area contributed by atoms with Crippen molar-refractivity contribution in [3.8, 4) is 5.75 Å². The molecule has 1 heterocycles. The highest BCUT2D eigenvalue weighted by Gasteiger charge is 2.28. The Morgan fingerprint density at radius 2 is 1.90 bits per heavy atom. The first-order valence-electron chi connectivity index (χ1n) is 6.02. The van der Waals surface area contributed by atoms with Gasteiger partial charge in [0.15, 0.2) is 6.61 Å². The van der Waals surface area contributed by atoms with Crippen LogP contribution in [0.4, 0.5) is 18.9 Å². The van der Waals surface area contributed by atoms with Crippen molar-refractivity contribution >= 4 is 5.69 Å². The Kier molecular flexibility index (Phi) is 4.22. The van der Waals surface area contributed by atoms with Crippen molar-refractivity contribution in [2.75, 3.05) is 11.9 Å². The molecule has 2 aromatic rings. The second kappa shape index (κ2) is 5.90. The molecule has 108 valence electrons. The van der Waals surface area contributed by atoms with E-state index >= 15 is 0 Å². The maximum atomic E-state index is 12.2. The summed E-state index contributed by atoms with van der Waals surface area (Å²) in [5, 5.41) is 2.99. The third kappa shape index (κ3) is 4.22. The number of alkyl halides is 3. The van der Waals surface area contributed by atoms with E-state index in [4.69, 9.17) is 9.15 Å². The zero-order valence-corrected chi connectivity index (χ0v) is 10.8. The Morgan fingerprint density at radius 1 is 1.15 bits per heavy atom. The van der Waals surface area contributed by atoms with Crippen LogP contribution in [0.5, 0.6) is 5.75 Å². The van der Waals surface area contributed by atoms with Crippen LogP contribution in [0.25, 0.3) is 0 Å². The molecule has 0 fully saturated rings. The van der Waals surface area contributed by atoms with Gasteiger partial charge in [-0.15, -0.1) is 0 Å². The number of benzene rings is 1. The van der Waals surface area contributed by atoms with Gasteiger partial charge >= 0.3 is 6.18 Å². The van der Waals surface area contributed by atoms with Gasteiger partial charge in [-0.2, -0.15) is 13.2 Å². The summed E-state index contributed by atoms with van der Waals surface area (Å²) in [6.07, 6.45) is -4.36. The van der Waals surface area contributed by atoms with Gasteiger partial charge in [0.2, 0.25) is 0 Å². The molecule has 1 aromatic heterocycles. The number of furan rings is 1. The maximum Gasteiger partial charge on any atom is 0.422 e. The third-order valence-electron chi connectivity index (χ3n) is 2.53. The molecule has 0 radical (unpaired) electrons. The highest BCUT2D eigenvalue weighted by atomic mass is 19.4. The topological polar surface area (TPSA) is 34.4 Å². The number of ether oxygens (including phenoxy) is 1. The van der Waals surface area contributed by atoms with E-state index in [-0.39, 0.29) is 5.75 Å². The van der Waals surface area contributed by atoms with E-state index in [1.54, 1.807) is 18.2 Å². The average Bonchev–Trinajstić information content (AvgIpc) is 2.80. The molecule has 0 saturated carbocycles. The molecule has 0 saturated heterocycles. The summed E-state index contributed by atoms with van der Waals surface area (Å²) >= 11 is 0. The number of aryl methyl sites for hydroxylation is 1. The minimum atomic E-state index is -4.36. The summed E-state index contributed by atoms with van der Waals surface area (Å²) in [6.45, 7) is 0.885. The van der Waals surface area contributed by atoms with Crippen molar-refractivity contribution in [2.24, 2.45) is 0 Å². The summed E-state index contributed by atoms with van der Waals surface area (Å²) in [4.78, 5) is 0. The second-order valence-electron chi connectivity index (χ2n) is 4.27. The molecule has 0 unspecified atom stereocenters. The van der Waals surface area contributed by atoms with Crippen molar-refractivity contribution in [3.05, 3.63) is 47.9 Å². The lowest BCUT2D eigenvalue weighted by Gasteiger charge is -2.13. The molecule has 0 bridgehead atoms. The largest absolute Gasteiger partial charge is 0.482 e. The summed E-state index contributed by atoms with van der Waals surface area (Å²) in [5.74, 6) is 1.64. The average molecular weight is 285 g/mol. The monoisotopic (exact) mass is 285 g/mol. The van der Waals surface area contributed by atoms with Crippen LogP contribution in [-0.2, 0) is 6.54 Å². The lowest BCUT2D eigenvalue weighted by molar-refractivity contribution is -0.153. The van der Waals surface area contributed by atoms with Gasteiger partial charge in [-0.25, -0.2) is 0 Å². The quantitative estimate of drug-likeness (QED) is 0.896. The van der Waals surface area contributed by atoms with Crippen LogP contribution in [0, 0.1) is 6.92 Å². The van der Waals surface area contributed by atoms with Gasteiger partial charge in [0, 0.05) is 0 Å². The predicted molar refractivity (Wildman–Crippen MR) is 68.8 cm³/mol. The predicted octanol–water partition coefficient (Wildman–Crippen LogP) is 4.14. The van der Waals surface area contributed by atoms with E-state index in [1.807, 2.05) is 19.1 Å². The van der Waals surface area contributed by atoms with Gasteiger partial charge in [0.1, 0.15) is 17.3 Å². The number of hydrogen-bond donors (Lipinski definition) is 1. The van der Waals surface area contributed by atoms with Crippen LogP contribution < -0.4 is 10.1 Å². The first-order valence-corrected chi connectivity index (χ1v) is 6.02. The number of nitrogens with one attached hydrogen (secondary N) is 1. The van der Waals surface area contributed by atoms with Crippen LogP contribution in [0.1, 0.15) is 11.5 Å². The lowest BCUT2D eigenvalue weighted by atomic mass is 10.3. The Morgan fingerprint density at radius 3 is 2.55 bits per heavy atom. The first-order chi connectivity index (χ1) is 9.44. The van der Waals surface area contributed by atoms with Crippen molar-refractivity contribution in [2.45, 2.75) is 19.6 Å². The Bertz CT molecular complexity index is 564. The minimum Gasteiger partial charge on any atom is -0.482 e. The van der Waals surface area contributed by atoms with Crippen LogP contribution in [0.15, 0.2) is 40.8 Å². The molecule has 0 atom stereocenters. The minimum absolute atomic E-state index is 0.160. The molecule has 0 aliphatic heterocycles. The maximum absolute atomic E-state index is 12.2. The molecular weight excluding hydrogens is 271 g/mol. The fourth-order valence-electron chi connectivity index (χ4n) is 1.66. The van der Waals surface area contributed by atoms with Crippen LogP contribution >= 0.6 is 0 Å². The van der Waals surface area contributed by atoms with Crippen molar-refractivity contribution < 1.29 is 22.3 Å². The number of para-hydroxylation sites is 2. The molecule has 20 heavy (non-hydrogen) atoms. The van der Waals surface area contributed by atoms with Gasteiger partial charge in [-0.3, -0.25) is 0 Å². The second-order valence-corrected chi connectivity index (χ2v) is 4.27. The molecule has 2 rings (SSSR count). The summed E-state index contributed by atoms with van der Waals surface area (Å²) < 4.78 is 46.7. The number of halogens is 3. The molecule has 3 nitrogen and oxygen atoms in total. The number of hydrogen-bond acceptors (Lipinski definition) is 3. The van der Waals surface area contributed by atoms with Crippen molar-refractivity contribution in [3.63, 3.8) is 0 Å². The van der Waals surface area contributed by atoms with Crippen molar-refractivity contribution in [1.82, 2.24) is 0 Å². The zero-order valence-electron chi connectivity index (χ0n) is 10.8. The molecule has 0 aliphatic rings. The molecule has 1 aromatic carbocycles. The van der Waals surface area contributed by atoms with Crippen LogP contribution in [0.3, 0.4) is 0 Å². The zero-order chi connectivity index (χ0) is 14.6. The Balaban J connectivity index is 2.00. The number of rotatable bonds is 5. The third-order valence-corrected chi connectivity index (χ3v) is 2.53. The van der Waals surface area contributed by atoms with Gasteiger partial charge in [0.25, 0.3) is 0 Å². The Hall–Kier alpha value is -2.11. The van der Waals surface area contributed by atoms with Crippen LogP contribution in [0.2, 0.25) is 0 Å². The highest BCUT2D eigenvalue weighted by molar-refractivity contribution is 5.56. The fraction of sp³-hybridized carbons (Fsp3) is 0.286. The van der Waals surface area contributed by atoms with E-state index < -0.39 is 12.8 Å². The normalized spacial score (nSPS) is 11.4. The van der Waals surface area contributed by atoms with E-state index in [1.165, 1.54) is 6.07 Å². The summed E-state index contributed by atoms with van der Waals surface area (Å²) in [6, 6.07) is 10.1. The molecule has 0 spiro atoms. The molecule has 6 heteroatoms. The van der Waals surface area contributed by atoms with E-state index in [9.17, 15) is 13.2 Å². The SMILES string of the molecule is Cc1ccc(CNc2ccccc2OCC(F)(F)F)o1. The van der Waals surface area contributed by atoms with E-state index in [0.29, 0.717) is 18.0 Å². The summed E-state index contributed by atoms with van der Waals surface area (Å²) in [7, 11) is 0. The fourth-order valence-corrected chi connectivity index (χ4v) is 1.66. The molecule has 0 aliphatic carbocycles.